The molecule has 0 aliphatic rings. The van der Waals surface area contributed by atoms with Gasteiger partial charge in [-0.3, -0.25) is 9.59 Å². The van der Waals surface area contributed by atoms with Crippen LogP contribution >= 0.6 is 15.9 Å². The Hall–Kier alpha value is -2.87. The monoisotopic (exact) mass is 489 g/mol. The number of anilines is 1. The molecule has 0 saturated carbocycles. The van der Waals surface area contributed by atoms with Crippen LogP contribution in [0.4, 0.5) is 10.5 Å². The number of carbonyl (C=O) groups is 3. The molecule has 2 aromatic carbocycles. The summed E-state index contributed by atoms with van der Waals surface area (Å²) >= 11 is 3.43. The molecule has 2 rings (SSSR count). The predicted octanol–water partition coefficient (Wildman–Crippen LogP) is 4.16. The van der Waals surface area contributed by atoms with Crippen LogP contribution in [0.2, 0.25) is 0 Å². The van der Waals surface area contributed by atoms with E-state index in [0.717, 1.165) is 15.6 Å². The lowest BCUT2D eigenvalue weighted by Crippen LogP contribution is -2.39. The average Bonchev–Trinajstić information content (AvgIpc) is 2.68. The van der Waals surface area contributed by atoms with Crippen molar-refractivity contribution < 1.29 is 19.1 Å². The number of nitrogens with one attached hydrogen (secondary N) is 3. The SMILES string of the molecule is CC(C)(C)OC(=O)NCC(=O)NCc1cccc(NC(=O)CCc2cccc(Br)c2)c1. The highest BCUT2D eigenvalue weighted by Crippen LogP contribution is 2.15. The van der Waals surface area contributed by atoms with Crippen molar-refractivity contribution in [3.05, 3.63) is 64.1 Å². The summed E-state index contributed by atoms with van der Waals surface area (Å²) in [6, 6.07) is 15.1. The van der Waals surface area contributed by atoms with Crippen molar-refractivity contribution in [2.24, 2.45) is 0 Å². The number of alkyl carbamates (subject to hydrolysis) is 1. The molecule has 0 radical (unpaired) electrons. The molecule has 0 bridgehead atoms. The van der Waals surface area contributed by atoms with E-state index in [9.17, 15) is 14.4 Å². The van der Waals surface area contributed by atoms with E-state index in [-0.39, 0.29) is 24.9 Å². The third-order valence-electron chi connectivity index (χ3n) is 4.02. The molecular weight excluding hydrogens is 462 g/mol. The fourth-order valence-corrected chi connectivity index (χ4v) is 3.11. The maximum absolute atomic E-state index is 12.3. The van der Waals surface area contributed by atoms with Gasteiger partial charge in [-0.2, -0.15) is 0 Å². The molecule has 0 atom stereocenters. The van der Waals surface area contributed by atoms with Crippen LogP contribution in [0.5, 0.6) is 0 Å². The molecule has 31 heavy (non-hydrogen) atoms. The van der Waals surface area contributed by atoms with Gasteiger partial charge in [-0.05, 0) is 62.6 Å². The van der Waals surface area contributed by atoms with E-state index in [1.54, 1.807) is 32.9 Å². The summed E-state index contributed by atoms with van der Waals surface area (Å²) in [5.41, 5.74) is 1.96. The molecule has 3 amide bonds. The van der Waals surface area contributed by atoms with Crippen molar-refractivity contribution in [3.63, 3.8) is 0 Å². The minimum atomic E-state index is -0.643. The zero-order chi connectivity index (χ0) is 22.9. The first kappa shape index (κ1) is 24.4. The second kappa shape index (κ2) is 11.5. The van der Waals surface area contributed by atoms with Gasteiger partial charge in [0.05, 0.1) is 0 Å². The maximum Gasteiger partial charge on any atom is 0.408 e. The average molecular weight is 490 g/mol. The summed E-state index contributed by atoms with van der Waals surface area (Å²) < 4.78 is 6.07. The smallest absolute Gasteiger partial charge is 0.408 e. The lowest BCUT2D eigenvalue weighted by Gasteiger charge is -2.19. The van der Waals surface area contributed by atoms with E-state index in [0.29, 0.717) is 18.5 Å². The molecular formula is C23H28BrN3O4. The van der Waals surface area contributed by atoms with Gasteiger partial charge in [-0.15, -0.1) is 0 Å². The Labute approximate surface area is 191 Å². The molecule has 0 unspecified atom stereocenters. The van der Waals surface area contributed by atoms with Gasteiger partial charge in [0.15, 0.2) is 0 Å². The molecule has 0 aromatic heterocycles. The van der Waals surface area contributed by atoms with Gasteiger partial charge < -0.3 is 20.7 Å². The highest BCUT2D eigenvalue weighted by atomic mass is 79.9. The lowest BCUT2D eigenvalue weighted by atomic mass is 10.1. The number of amides is 3. The van der Waals surface area contributed by atoms with Crippen LogP contribution in [0.1, 0.15) is 38.3 Å². The van der Waals surface area contributed by atoms with Crippen molar-refractivity contribution in [2.45, 2.75) is 45.8 Å². The Morgan fingerprint density at radius 2 is 1.65 bits per heavy atom. The van der Waals surface area contributed by atoms with Crippen LogP contribution in [0.25, 0.3) is 0 Å². The van der Waals surface area contributed by atoms with E-state index in [4.69, 9.17) is 4.74 Å². The first-order valence-corrected chi connectivity index (χ1v) is 10.8. The van der Waals surface area contributed by atoms with Crippen LogP contribution in [0, 0.1) is 0 Å². The number of hydrogen-bond acceptors (Lipinski definition) is 4. The molecule has 0 spiro atoms. The van der Waals surface area contributed by atoms with Crippen molar-refractivity contribution >= 4 is 39.5 Å². The van der Waals surface area contributed by atoms with Crippen LogP contribution in [-0.4, -0.2) is 30.1 Å². The van der Waals surface area contributed by atoms with Gasteiger partial charge in [-0.1, -0.05) is 40.2 Å². The first-order chi connectivity index (χ1) is 14.6. The summed E-state index contributed by atoms with van der Waals surface area (Å²) in [6.07, 6.45) is 0.370. The Balaban J connectivity index is 1.76. The van der Waals surface area contributed by atoms with Gasteiger partial charge in [0.1, 0.15) is 12.1 Å². The summed E-state index contributed by atoms with van der Waals surface area (Å²) in [6.45, 7) is 5.34. The molecule has 0 saturated heterocycles. The second-order valence-corrected chi connectivity index (χ2v) is 8.93. The molecule has 0 fully saturated rings. The molecule has 7 nitrogen and oxygen atoms in total. The van der Waals surface area contributed by atoms with E-state index in [1.807, 2.05) is 36.4 Å². The Bertz CT molecular complexity index is 925. The fourth-order valence-electron chi connectivity index (χ4n) is 2.66. The minimum absolute atomic E-state index is 0.0808. The normalized spacial score (nSPS) is 10.8. The summed E-state index contributed by atoms with van der Waals surface area (Å²) in [4.78, 5) is 35.8. The highest BCUT2D eigenvalue weighted by molar-refractivity contribution is 9.10. The van der Waals surface area contributed by atoms with Crippen LogP contribution in [0.3, 0.4) is 0 Å². The van der Waals surface area contributed by atoms with E-state index in [1.165, 1.54) is 0 Å². The number of carbonyl (C=O) groups excluding carboxylic acids is 3. The number of hydrogen-bond donors (Lipinski definition) is 3. The summed E-state index contributed by atoms with van der Waals surface area (Å²) in [5, 5.41) is 8.01. The molecule has 166 valence electrons. The van der Waals surface area contributed by atoms with Crippen molar-refractivity contribution in [1.29, 1.82) is 0 Å². The Morgan fingerprint density at radius 3 is 2.35 bits per heavy atom. The number of halogens is 1. The molecule has 3 N–H and O–H groups in total. The van der Waals surface area contributed by atoms with E-state index >= 15 is 0 Å². The number of benzene rings is 2. The zero-order valence-electron chi connectivity index (χ0n) is 18.0. The van der Waals surface area contributed by atoms with Crippen molar-refractivity contribution in [3.8, 4) is 0 Å². The predicted molar refractivity (Wildman–Crippen MR) is 124 cm³/mol. The lowest BCUT2D eigenvalue weighted by molar-refractivity contribution is -0.120. The molecule has 0 aliphatic carbocycles. The number of rotatable bonds is 8. The third kappa shape index (κ3) is 10.1. The van der Waals surface area contributed by atoms with Crippen molar-refractivity contribution in [1.82, 2.24) is 10.6 Å². The van der Waals surface area contributed by atoms with Gasteiger partial charge >= 0.3 is 6.09 Å². The van der Waals surface area contributed by atoms with Gasteiger partial charge in [0.25, 0.3) is 0 Å². The quantitative estimate of drug-likeness (QED) is 0.518. The zero-order valence-corrected chi connectivity index (χ0v) is 19.5. The van der Waals surface area contributed by atoms with E-state index in [2.05, 4.69) is 31.9 Å². The third-order valence-corrected chi connectivity index (χ3v) is 4.52. The molecule has 2 aromatic rings. The van der Waals surface area contributed by atoms with Crippen LogP contribution in [0.15, 0.2) is 53.0 Å². The van der Waals surface area contributed by atoms with E-state index < -0.39 is 11.7 Å². The Kier molecular flexibility index (Phi) is 9.05. The molecule has 0 aliphatic heterocycles. The fraction of sp³-hybridized carbons (Fsp3) is 0.348. The molecule has 0 heterocycles. The topological polar surface area (TPSA) is 96.5 Å². The van der Waals surface area contributed by atoms with Crippen LogP contribution in [-0.2, 0) is 27.3 Å². The van der Waals surface area contributed by atoms with Gasteiger partial charge in [0, 0.05) is 23.1 Å². The van der Waals surface area contributed by atoms with Crippen LogP contribution < -0.4 is 16.0 Å². The Morgan fingerprint density at radius 1 is 0.935 bits per heavy atom. The summed E-state index contributed by atoms with van der Waals surface area (Å²) in [7, 11) is 0. The summed E-state index contributed by atoms with van der Waals surface area (Å²) in [5.74, 6) is -0.419. The van der Waals surface area contributed by atoms with Gasteiger partial charge in [0.2, 0.25) is 11.8 Å². The van der Waals surface area contributed by atoms with Gasteiger partial charge in [-0.25, -0.2) is 4.79 Å². The van der Waals surface area contributed by atoms with Crippen molar-refractivity contribution in [2.75, 3.05) is 11.9 Å². The highest BCUT2D eigenvalue weighted by Gasteiger charge is 2.16. The number of ether oxygens (including phenoxy) is 1. The maximum atomic E-state index is 12.3. The minimum Gasteiger partial charge on any atom is -0.444 e. The standard InChI is InChI=1S/C23H28BrN3O4/c1-23(2,3)31-22(30)26-15-21(29)25-14-17-7-5-9-19(13-17)27-20(28)11-10-16-6-4-8-18(24)12-16/h4-9,12-13H,10-11,14-15H2,1-3H3,(H,25,29)(H,26,30)(H,27,28). The second-order valence-electron chi connectivity index (χ2n) is 8.01. The number of aryl methyl sites for hydroxylation is 1. The largest absolute Gasteiger partial charge is 0.444 e. The first-order valence-electron chi connectivity index (χ1n) is 9.97. The molecule has 8 heteroatoms.